The first-order chi connectivity index (χ1) is 17.5. The Labute approximate surface area is 218 Å². The predicted molar refractivity (Wildman–Crippen MR) is 135 cm³/mol. The highest BCUT2D eigenvalue weighted by molar-refractivity contribution is 7.89. The summed E-state index contributed by atoms with van der Waals surface area (Å²) >= 11 is 6.14. The van der Waals surface area contributed by atoms with Crippen LogP contribution in [-0.2, 0) is 21.4 Å². The number of carbonyl (C=O) groups is 1. The Morgan fingerprint density at radius 3 is 2.43 bits per heavy atom. The molecule has 10 nitrogen and oxygen atoms in total. The van der Waals surface area contributed by atoms with Gasteiger partial charge in [-0.3, -0.25) is 19.6 Å². The van der Waals surface area contributed by atoms with E-state index in [1.165, 1.54) is 28.6 Å². The fraction of sp³-hybridized carbons (Fsp3) is 0.333. The van der Waals surface area contributed by atoms with Crippen molar-refractivity contribution in [2.75, 3.05) is 18.4 Å². The maximum Gasteiger partial charge on any atom is 0.269 e. The molecule has 0 radical (unpaired) electrons. The number of aromatic nitrogens is 2. The monoisotopic (exact) mass is 549 g/mol. The fourth-order valence-electron chi connectivity index (χ4n) is 4.34. The predicted octanol–water partition coefficient (Wildman–Crippen LogP) is 4.29. The molecular weight excluding hydrogens is 525 g/mol. The van der Waals surface area contributed by atoms with Crippen LogP contribution >= 0.6 is 11.6 Å². The zero-order valence-corrected chi connectivity index (χ0v) is 21.7. The number of piperidine rings is 1. The van der Waals surface area contributed by atoms with Crippen LogP contribution in [0.2, 0.25) is 5.02 Å². The van der Waals surface area contributed by atoms with Gasteiger partial charge in [-0.1, -0.05) is 17.7 Å². The van der Waals surface area contributed by atoms with Crippen LogP contribution in [0.25, 0.3) is 0 Å². The van der Waals surface area contributed by atoms with Crippen molar-refractivity contribution in [3.8, 4) is 0 Å². The van der Waals surface area contributed by atoms with E-state index in [0.29, 0.717) is 35.5 Å². The number of nitrogens with zero attached hydrogens (tertiary/aromatic N) is 4. The topological polar surface area (TPSA) is 127 Å². The number of aryl methyl sites for hydroxylation is 1. The summed E-state index contributed by atoms with van der Waals surface area (Å²) in [5, 5.41) is 18.4. The van der Waals surface area contributed by atoms with Crippen molar-refractivity contribution in [3.05, 3.63) is 80.4 Å². The van der Waals surface area contributed by atoms with E-state index in [1.807, 2.05) is 0 Å². The lowest BCUT2D eigenvalue weighted by atomic mass is 9.97. The Morgan fingerprint density at radius 2 is 1.84 bits per heavy atom. The number of hydrogen-bond acceptors (Lipinski definition) is 6. The lowest BCUT2D eigenvalue weighted by Crippen LogP contribution is -2.41. The van der Waals surface area contributed by atoms with E-state index in [-0.39, 0.29) is 41.1 Å². The molecule has 0 unspecified atom stereocenters. The molecule has 1 fully saturated rings. The lowest BCUT2D eigenvalue weighted by Gasteiger charge is -2.30. The summed E-state index contributed by atoms with van der Waals surface area (Å²) in [6.07, 6.45) is 0.629. The van der Waals surface area contributed by atoms with Gasteiger partial charge in [-0.2, -0.15) is 9.40 Å². The average molecular weight is 550 g/mol. The van der Waals surface area contributed by atoms with Crippen LogP contribution < -0.4 is 5.32 Å². The number of nitrogens with one attached hydrogen (secondary N) is 1. The van der Waals surface area contributed by atoms with E-state index in [0.717, 1.165) is 12.1 Å². The van der Waals surface area contributed by atoms with E-state index < -0.39 is 26.7 Å². The molecule has 13 heteroatoms. The zero-order chi connectivity index (χ0) is 26.9. The van der Waals surface area contributed by atoms with Gasteiger partial charge in [-0.05, 0) is 51.0 Å². The number of hydrogen-bond donors (Lipinski definition) is 1. The minimum absolute atomic E-state index is 0.0328. The van der Waals surface area contributed by atoms with Gasteiger partial charge in [-0.25, -0.2) is 12.8 Å². The molecule has 3 aromatic rings. The zero-order valence-electron chi connectivity index (χ0n) is 20.1. The van der Waals surface area contributed by atoms with Crippen molar-refractivity contribution in [3.63, 3.8) is 0 Å². The summed E-state index contributed by atoms with van der Waals surface area (Å²) in [5.41, 5.74) is 1.84. The molecule has 0 aliphatic carbocycles. The first kappa shape index (κ1) is 26.7. The molecule has 4 rings (SSSR count). The maximum atomic E-state index is 14.2. The van der Waals surface area contributed by atoms with Gasteiger partial charge in [0.2, 0.25) is 15.9 Å². The second kappa shape index (κ2) is 10.6. The molecule has 1 saturated heterocycles. The van der Waals surface area contributed by atoms with Gasteiger partial charge in [0.05, 0.1) is 33.4 Å². The number of benzene rings is 2. The molecule has 1 amide bonds. The van der Waals surface area contributed by atoms with Crippen LogP contribution in [0, 0.1) is 35.7 Å². The first-order valence-corrected chi connectivity index (χ1v) is 13.3. The third-order valence-electron chi connectivity index (χ3n) is 6.51. The van der Waals surface area contributed by atoms with Gasteiger partial charge in [0.25, 0.3) is 5.69 Å². The van der Waals surface area contributed by atoms with Gasteiger partial charge in [0.1, 0.15) is 5.82 Å². The molecule has 1 aliphatic heterocycles. The number of nitro groups is 1. The van der Waals surface area contributed by atoms with Crippen molar-refractivity contribution < 1.29 is 22.5 Å². The Bertz CT molecular complexity index is 1430. The number of nitro benzene ring substituents is 1. The van der Waals surface area contributed by atoms with Crippen molar-refractivity contribution in [2.24, 2.45) is 5.92 Å². The van der Waals surface area contributed by atoms with Crippen molar-refractivity contribution >= 4 is 38.9 Å². The minimum atomic E-state index is -3.84. The van der Waals surface area contributed by atoms with Crippen LogP contribution in [0.15, 0.2) is 47.4 Å². The number of halogens is 2. The Hall–Kier alpha value is -3.35. The highest BCUT2D eigenvalue weighted by Crippen LogP contribution is 2.28. The van der Waals surface area contributed by atoms with Crippen LogP contribution in [0.5, 0.6) is 0 Å². The number of anilines is 1. The molecule has 1 N–H and O–H groups in total. The van der Waals surface area contributed by atoms with E-state index >= 15 is 0 Å². The molecule has 0 bridgehead atoms. The molecule has 0 spiro atoms. The summed E-state index contributed by atoms with van der Waals surface area (Å²) in [6.45, 7) is 3.89. The second-order valence-corrected chi connectivity index (χ2v) is 11.2. The summed E-state index contributed by atoms with van der Waals surface area (Å²) in [4.78, 5) is 23.2. The van der Waals surface area contributed by atoms with Crippen LogP contribution in [0.3, 0.4) is 0 Å². The van der Waals surface area contributed by atoms with Crippen molar-refractivity contribution in [1.29, 1.82) is 0 Å². The molecule has 2 aromatic carbocycles. The molecular formula is C24H25ClFN5O5S. The van der Waals surface area contributed by atoms with E-state index in [9.17, 15) is 27.7 Å². The number of non-ortho nitro benzene ring substituents is 1. The quantitative estimate of drug-likeness (QED) is 0.346. The molecule has 0 atom stereocenters. The van der Waals surface area contributed by atoms with Gasteiger partial charge >= 0.3 is 0 Å². The molecule has 1 aromatic heterocycles. The normalized spacial score (nSPS) is 15.0. The summed E-state index contributed by atoms with van der Waals surface area (Å²) < 4.78 is 43.0. The lowest BCUT2D eigenvalue weighted by molar-refractivity contribution is -0.384. The standard InChI is InChI=1S/C24H25ClFN5O5S/c1-15-23(16(2)30(28-15)14-20-21(25)4-3-5-22(20)26)27-24(32)17-10-12-29(13-11-17)37(35,36)19-8-6-18(7-9-19)31(33)34/h3-9,17H,10-14H2,1-2H3,(H,27,32). The smallest absolute Gasteiger partial charge is 0.269 e. The van der Waals surface area contributed by atoms with Gasteiger partial charge in [0.15, 0.2) is 0 Å². The van der Waals surface area contributed by atoms with Crippen LogP contribution in [-0.4, -0.2) is 46.4 Å². The largest absolute Gasteiger partial charge is 0.323 e. The molecule has 196 valence electrons. The second-order valence-electron chi connectivity index (χ2n) is 8.82. The molecule has 37 heavy (non-hydrogen) atoms. The summed E-state index contributed by atoms with van der Waals surface area (Å²) in [6, 6.07) is 9.17. The highest BCUT2D eigenvalue weighted by atomic mass is 35.5. The van der Waals surface area contributed by atoms with Gasteiger partial charge in [0, 0.05) is 41.7 Å². The van der Waals surface area contributed by atoms with Gasteiger partial charge < -0.3 is 5.32 Å². The molecule has 0 saturated carbocycles. The highest BCUT2D eigenvalue weighted by Gasteiger charge is 2.33. The maximum absolute atomic E-state index is 14.2. The molecule has 2 heterocycles. The van der Waals surface area contributed by atoms with Crippen molar-refractivity contribution in [1.82, 2.24) is 14.1 Å². The summed E-state index contributed by atoms with van der Waals surface area (Å²) in [5.74, 6) is -1.10. The number of rotatable bonds is 7. The third-order valence-corrected chi connectivity index (χ3v) is 8.78. The van der Waals surface area contributed by atoms with E-state index in [4.69, 9.17) is 11.6 Å². The van der Waals surface area contributed by atoms with E-state index in [2.05, 4.69) is 10.4 Å². The Balaban J connectivity index is 1.41. The number of carbonyl (C=O) groups excluding carboxylic acids is 1. The summed E-state index contributed by atoms with van der Waals surface area (Å²) in [7, 11) is -3.84. The first-order valence-electron chi connectivity index (χ1n) is 11.5. The Kier molecular flexibility index (Phi) is 7.62. The van der Waals surface area contributed by atoms with Crippen LogP contribution in [0.4, 0.5) is 15.8 Å². The fourth-order valence-corrected chi connectivity index (χ4v) is 6.03. The Morgan fingerprint density at radius 1 is 1.19 bits per heavy atom. The minimum Gasteiger partial charge on any atom is -0.323 e. The molecule has 1 aliphatic rings. The van der Waals surface area contributed by atoms with Crippen molar-refractivity contribution in [2.45, 2.75) is 38.1 Å². The van der Waals surface area contributed by atoms with E-state index in [1.54, 1.807) is 24.6 Å². The SMILES string of the molecule is Cc1nn(Cc2c(F)cccc2Cl)c(C)c1NC(=O)C1CCN(S(=O)(=O)c2ccc([N+](=O)[O-])cc2)CC1. The average Bonchev–Trinajstić information content (AvgIpc) is 3.13. The number of amides is 1. The number of sulfonamides is 1. The van der Waals surface area contributed by atoms with Crippen LogP contribution in [0.1, 0.15) is 29.8 Å². The third kappa shape index (κ3) is 5.50. The van der Waals surface area contributed by atoms with Gasteiger partial charge in [-0.15, -0.1) is 0 Å².